The number of rotatable bonds is 8. The summed E-state index contributed by atoms with van der Waals surface area (Å²) in [4.78, 5) is 25.8. The van der Waals surface area contributed by atoms with E-state index in [4.69, 9.17) is 9.47 Å². The fraction of sp³-hybridized carbons (Fsp3) is 0.310. The second kappa shape index (κ2) is 11.3. The molecule has 3 aromatic carbocycles. The molecule has 1 saturated heterocycles. The van der Waals surface area contributed by atoms with Crippen molar-refractivity contribution in [2.45, 2.75) is 24.9 Å². The number of carbonyl (C=O) groups is 2. The van der Waals surface area contributed by atoms with E-state index in [2.05, 4.69) is 30.4 Å². The lowest BCUT2D eigenvalue weighted by atomic mass is 9.82. The molecule has 7 nitrogen and oxygen atoms in total. The fourth-order valence-electron chi connectivity index (χ4n) is 5.12. The van der Waals surface area contributed by atoms with Gasteiger partial charge in [0.25, 0.3) is 0 Å². The molecule has 0 aromatic heterocycles. The van der Waals surface area contributed by atoms with E-state index in [0.29, 0.717) is 18.7 Å². The van der Waals surface area contributed by atoms with Crippen molar-refractivity contribution < 1.29 is 24.2 Å². The van der Waals surface area contributed by atoms with Gasteiger partial charge in [-0.1, -0.05) is 54.6 Å². The van der Waals surface area contributed by atoms with Gasteiger partial charge in [-0.3, -0.25) is 0 Å². The molecule has 1 fully saturated rings. The summed E-state index contributed by atoms with van der Waals surface area (Å²) in [5.74, 6) is 0.360. The Bertz CT molecular complexity index is 1180. The number of benzene rings is 3. The van der Waals surface area contributed by atoms with Gasteiger partial charge < -0.3 is 24.8 Å². The van der Waals surface area contributed by atoms with Crippen LogP contribution < -0.4 is 10.1 Å². The fourth-order valence-corrected chi connectivity index (χ4v) is 5.12. The van der Waals surface area contributed by atoms with Crippen LogP contribution in [0.15, 0.2) is 78.9 Å². The van der Waals surface area contributed by atoms with Gasteiger partial charge in [0.05, 0.1) is 25.8 Å². The van der Waals surface area contributed by atoms with E-state index < -0.39 is 12.1 Å². The number of hydrogen-bond acceptors (Lipinski definition) is 5. The summed E-state index contributed by atoms with van der Waals surface area (Å²) in [7, 11) is 2.99. The second-order valence-electron chi connectivity index (χ2n) is 9.08. The van der Waals surface area contributed by atoms with Gasteiger partial charge in [0.2, 0.25) is 0 Å². The molecule has 1 aliphatic rings. The molecule has 0 bridgehead atoms. The molecule has 2 N–H and O–H groups in total. The van der Waals surface area contributed by atoms with Crippen molar-refractivity contribution in [3.8, 4) is 5.75 Å². The summed E-state index contributed by atoms with van der Waals surface area (Å²) in [5, 5.41) is 13.8. The third kappa shape index (κ3) is 5.36. The smallest absolute Gasteiger partial charge is 0.407 e. The van der Waals surface area contributed by atoms with E-state index in [1.807, 2.05) is 48.5 Å². The topological polar surface area (TPSA) is 88.1 Å². The Morgan fingerprint density at radius 2 is 1.72 bits per heavy atom. The summed E-state index contributed by atoms with van der Waals surface area (Å²) in [6.45, 7) is 3.09. The average molecular weight is 489 g/mol. The summed E-state index contributed by atoms with van der Waals surface area (Å²) < 4.78 is 10.2. The zero-order valence-corrected chi connectivity index (χ0v) is 20.8. The average Bonchev–Trinajstić information content (AvgIpc) is 3.31. The number of carboxylic acid groups (broad SMARTS) is 1. The third-order valence-corrected chi connectivity index (χ3v) is 7.05. The highest BCUT2D eigenvalue weighted by molar-refractivity contribution is 5.89. The molecule has 3 aromatic rings. The second-order valence-corrected chi connectivity index (χ2v) is 9.08. The number of nitrogens with zero attached hydrogens (tertiary/aromatic N) is 1. The molecular formula is C29H32N2O5. The van der Waals surface area contributed by atoms with Gasteiger partial charge in [-0.2, -0.15) is 0 Å². The van der Waals surface area contributed by atoms with E-state index in [1.165, 1.54) is 12.0 Å². The predicted octanol–water partition coefficient (Wildman–Crippen LogP) is 5.27. The van der Waals surface area contributed by atoms with Gasteiger partial charge in [-0.25, -0.2) is 9.59 Å². The maximum absolute atomic E-state index is 12.4. The molecule has 7 heteroatoms. The Morgan fingerprint density at radius 3 is 2.36 bits per heavy atom. The first-order valence-electron chi connectivity index (χ1n) is 12.0. The van der Waals surface area contributed by atoms with E-state index in [9.17, 15) is 14.7 Å². The van der Waals surface area contributed by atoms with Crippen LogP contribution in [0, 0.1) is 5.92 Å². The van der Waals surface area contributed by atoms with Crippen LogP contribution in [0.2, 0.25) is 0 Å². The van der Waals surface area contributed by atoms with E-state index in [1.54, 1.807) is 19.2 Å². The first-order chi connectivity index (χ1) is 17.4. The van der Waals surface area contributed by atoms with Crippen molar-refractivity contribution in [1.82, 2.24) is 10.2 Å². The number of amides is 1. The summed E-state index contributed by atoms with van der Waals surface area (Å²) >= 11 is 0. The molecule has 0 aliphatic carbocycles. The summed E-state index contributed by atoms with van der Waals surface area (Å²) in [6, 6.07) is 24.7. The number of methoxy groups -OCH3 is 2. The lowest BCUT2D eigenvalue weighted by Crippen LogP contribution is -2.34. The minimum Gasteiger partial charge on any atom is -0.497 e. The molecular weight excluding hydrogens is 456 g/mol. The Hall–Kier alpha value is -3.84. The van der Waals surface area contributed by atoms with Gasteiger partial charge in [0, 0.05) is 31.0 Å². The van der Waals surface area contributed by atoms with Crippen LogP contribution >= 0.6 is 0 Å². The molecule has 36 heavy (non-hydrogen) atoms. The van der Waals surface area contributed by atoms with Crippen LogP contribution in [0.5, 0.6) is 5.75 Å². The van der Waals surface area contributed by atoms with Crippen LogP contribution in [-0.2, 0) is 4.74 Å². The molecule has 1 aliphatic heterocycles. The Balaban J connectivity index is 1.66. The van der Waals surface area contributed by atoms with Crippen LogP contribution in [0.3, 0.4) is 0 Å². The van der Waals surface area contributed by atoms with Crippen LogP contribution in [-0.4, -0.2) is 49.4 Å². The lowest BCUT2D eigenvalue weighted by Gasteiger charge is -2.29. The van der Waals surface area contributed by atoms with Crippen molar-refractivity contribution in [2.24, 2.45) is 5.92 Å². The summed E-state index contributed by atoms with van der Waals surface area (Å²) in [6.07, 6.45) is -0.957. The number of ether oxygens (including phenoxy) is 2. The Morgan fingerprint density at radius 1 is 1.00 bits per heavy atom. The molecule has 4 atom stereocenters. The Kier molecular flexibility index (Phi) is 7.90. The maximum Gasteiger partial charge on any atom is 0.407 e. The molecule has 188 valence electrons. The van der Waals surface area contributed by atoms with Crippen molar-refractivity contribution in [3.63, 3.8) is 0 Å². The van der Waals surface area contributed by atoms with Gasteiger partial charge >= 0.3 is 12.1 Å². The molecule has 0 spiro atoms. The minimum absolute atomic E-state index is 0.0117. The molecule has 1 amide bonds. The van der Waals surface area contributed by atoms with E-state index in [0.717, 1.165) is 22.4 Å². The molecule has 1 heterocycles. The largest absolute Gasteiger partial charge is 0.497 e. The molecule has 0 radical (unpaired) electrons. The standard InChI is InChI=1S/C29H32N2O5/c1-19(23-10-7-11-24(16-23)35-2)30-17-25-26(20-8-5-4-6-9-20)18-31(29(33)34)27(25)21-12-14-22(15-13-21)28(32)36-3/h4-16,19,25-27,30H,17-18H2,1-3H3,(H,33,34)/t19-,25-,26-,27?/m1/s1. The normalized spacial score (nSPS) is 20.1. The highest BCUT2D eigenvalue weighted by Gasteiger charge is 2.45. The first kappa shape index (κ1) is 25.3. The minimum atomic E-state index is -0.957. The van der Waals surface area contributed by atoms with Crippen LogP contribution in [0.1, 0.15) is 52.0 Å². The SMILES string of the molecule is COC(=O)c1ccc(C2[C@H](CN[C@H](C)c3cccc(OC)c3)[C@@H](c3ccccc3)CN2C(=O)O)cc1. The summed E-state index contributed by atoms with van der Waals surface area (Å²) in [5.41, 5.74) is 3.49. The van der Waals surface area contributed by atoms with Gasteiger partial charge in [0.15, 0.2) is 0 Å². The number of hydrogen-bond donors (Lipinski definition) is 2. The van der Waals surface area contributed by atoms with Crippen molar-refractivity contribution in [2.75, 3.05) is 27.3 Å². The molecule has 4 rings (SSSR count). The van der Waals surface area contributed by atoms with Crippen LogP contribution in [0.4, 0.5) is 4.79 Å². The van der Waals surface area contributed by atoms with Crippen molar-refractivity contribution in [3.05, 3.63) is 101 Å². The maximum atomic E-state index is 12.4. The van der Waals surface area contributed by atoms with Gasteiger partial charge in [0.1, 0.15) is 5.75 Å². The number of likely N-dealkylation sites (tertiary alicyclic amines) is 1. The Labute approximate surface area is 211 Å². The number of nitrogens with one attached hydrogen (secondary N) is 1. The number of esters is 1. The van der Waals surface area contributed by atoms with Gasteiger partial charge in [-0.15, -0.1) is 0 Å². The highest BCUT2D eigenvalue weighted by atomic mass is 16.5. The van der Waals surface area contributed by atoms with E-state index >= 15 is 0 Å². The van der Waals surface area contributed by atoms with Crippen molar-refractivity contribution >= 4 is 12.1 Å². The monoisotopic (exact) mass is 488 g/mol. The highest BCUT2D eigenvalue weighted by Crippen LogP contribution is 2.45. The molecule has 1 unspecified atom stereocenters. The van der Waals surface area contributed by atoms with E-state index in [-0.39, 0.29) is 23.9 Å². The van der Waals surface area contributed by atoms with Gasteiger partial charge in [-0.05, 0) is 47.9 Å². The number of carbonyl (C=O) groups excluding carboxylic acids is 1. The third-order valence-electron chi connectivity index (χ3n) is 7.05. The zero-order chi connectivity index (χ0) is 25.7. The first-order valence-corrected chi connectivity index (χ1v) is 12.0. The predicted molar refractivity (Wildman–Crippen MR) is 137 cm³/mol. The quantitative estimate of drug-likeness (QED) is 0.420. The van der Waals surface area contributed by atoms with Crippen LogP contribution in [0.25, 0.3) is 0 Å². The van der Waals surface area contributed by atoms with Crippen molar-refractivity contribution in [1.29, 1.82) is 0 Å². The zero-order valence-electron chi connectivity index (χ0n) is 20.8. The molecule has 0 saturated carbocycles. The lowest BCUT2D eigenvalue weighted by molar-refractivity contribution is 0.0600.